The Morgan fingerprint density at radius 2 is 1.81 bits per heavy atom. The summed E-state index contributed by atoms with van der Waals surface area (Å²) in [6.45, 7) is 1.43. The molecule has 1 fully saturated rings. The predicted molar refractivity (Wildman–Crippen MR) is 143 cm³/mol. The van der Waals surface area contributed by atoms with Gasteiger partial charge in [0.05, 0.1) is 11.8 Å². The van der Waals surface area contributed by atoms with Gasteiger partial charge in [0.15, 0.2) is 0 Å². The highest BCUT2D eigenvalue weighted by atomic mass is 35.5. The van der Waals surface area contributed by atoms with Gasteiger partial charge in [-0.05, 0) is 44.0 Å². The maximum absolute atomic E-state index is 14.3. The number of hydrazine groups is 1. The third kappa shape index (κ3) is 8.12. The molecule has 0 heterocycles. The van der Waals surface area contributed by atoms with Gasteiger partial charge in [-0.1, -0.05) is 55.1 Å². The van der Waals surface area contributed by atoms with Crippen LogP contribution in [0.3, 0.4) is 0 Å². The summed E-state index contributed by atoms with van der Waals surface area (Å²) in [5.41, 5.74) is 2.94. The van der Waals surface area contributed by atoms with Gasteiger partial charge in [0, 0.05) is 28.2 Å². The summed E-state index contributed by atoms with van der Waals surface area (Å²) in [5.74, 6) is -2.24. The van der Waals surface area contributed by atoms with E-state index in [1.807, 2.05) is 0 Å². The van der Waals surface area contributed by atoms with E-state index in [0.29, 0.717) is 5.56 Å². The molecule has 2 aromatic carbocycles. The molecular formula is C25H31Cl2FN4O4S. The van der Waals surface area contributed by atoms with Crippen LogP contribution in [0.4, 0.5) is 10.1 Å². The molecule has 3 rings (SSSR count). The number of sulfonamides is 1. The van der Waals surface area contributed by atoms with E-state index in [9.17, 15) is 22.4 Å². The number of hydrogen-bond donors (Lipinski definition) is 3. The van der Waals surface area contributed by atoms with Crippen LogP contribution in [0.1, 0.15) is 50.6 Å². The molecule has 2 atom stereocenters. The standard InChI is InChI=1S/C25H31Cl2FN4O4S/c1-17(30-31-37(35,36)15-14-26)25(34)32(20-11-7-8-18(28)16-20)23(21-12-5-6-13-22(21)27)24(33)29-19-9-3-2-4-10-19/h5-8,11-13,16-17,19,23,30-31H,2-4,9-10,14-15H2,1H3,(H,29,33). The molecular weight excluding hydrogens is 542 g/mol. The highest BCUT2D eigenvalue weighted by Gasteiger charge is 2.37. The van der Waals surface area contributed by atoms with Crippen molar-refractivity contribution in [3.8, 4) is 0 Å². The molecule has 2 aromatic rings. The summed E-state index contributed by atoms with van der Waals surface area (Å²) in [4.78, 5) is 30.9. The number of hydrogen-bond acceptors (Lipinski definition) is 5. The normalized spacial score (nSPS) is 16.1. The Balaban J connectivity index is 2.03. The number of anilines is 1. The SMILES string of the molecule is CC(NNS(=O)(=O)CCCl)C(=O)N(c1cccc(F)c1)C(C(=O)NC1CCCCC1)c1ccccc1Cl. The molecule has 2 amide bonds. The van der Waals surface area contributed by atoms with Gasteiger partial charge in [0.1, 0.15) is 11.9 Å². The van der Waals surface area contributed by atoms with Crippen LogP contribution in [0.15, 0.2) is 48.5 Å². The second-order valence-electron chi connectivity index (χ2n) is 8.93. The Morgan fingerprint density at radius 3 is 2.46 bits per heavy atom. The van der Waals surface area contributed by atoms with Gasteiger partial charge in [0.25, 0.3) is 0 Å². The molecule has 3 N–H and O–H groups in total. The summed E-state index contributed by atoms with van der Waals surface area (Å²) >= 11 is 12.0. The largest absolute Gasteiger partial charge is 0.351 e. The first kappa shape index (κ1) is 29.3. The van der Waals surface area contributed by atoms with Crippen LogP contribution in [0, 0.1) is 5.82 Å². The topological polar surface area (TPSA) is 108 Å². The van der Waals surface area contributed by atoms with E-state index in [4.69, 9.17) is 23.2 Å². The van der Waals surface area contributed by atoms with Crippen molar-refractivity contribution in [2.75, 3.05) is 16.5 Å². The number of alkyl halides is 1. The number of halogens is 3. The number of nitrogens with zero attached hydrogens (tertiary/aromatic N) is 1. The molecule has 2 unspecified atom stereocenters. The zero-order valence-electron chi connectivity index (χ0n) is 20.4. The maximum Gasteiger partial charge on any atom is 0.248 e. The van der Waals surface area contributed by atoms with Crippen molar-refractivity contribution in [2.24, 2.45) is 0 Å². The van der Waals surface area contributed by atoms with Crippen molar-refractivity contribution in [1.29, 1.82) is 0 Å². The van der Waals surface area contributed by atoms with E-state index in [2.05, 4.69) is 15.6 Å². The Labute approximate surface area is 226 Å². The summed E-state index contributed by atoms with van der Waals surface area (Å²) in [6, 6.07) is 9.48. The first-order chi connectivity index (χ1) is 17.6. The highest BCUT2D eigenvalue weighted by Crippen LogP contribution is 2.33. The van der Waals surface area contributed by atoms with E-state index in [0.717, 1.165) is 43.1 Å². The fraction of sp³-hybridized carbons (Fsp3) is 0.440. The Morgan fingerprint density at radius 1 is 1.11 bits per heavy atom. The van der Waals surface area contributed by atoms with Gasteiger partial charge >= 0.3 is 0 Å². The van der Waals surface area contributed by atoms with Gasteiger partial charge in [0.2, 0.25) is 21.8 Å². The highest BCUT2D eigenvalue weighted by molar-refractivity contribution is 7.89. The molecule has 202 valence electrons. The minimum absolute atomic E-state index is 0.0615. The Kier molecular flexibility index (Phi) is 10.7. The zero-order valence-corrected chi connectivity index (χ0v) is 22.8. The third-order valence-electron chi connectivity index (χ3n) is 6.13. The van der Waals surface area contributed by atoms with E-state index in [1.54, 1.807) is 24.3 Å². The molecule has 8 nitrogen and oxygen atoms in total. The fourth-order valence-corrected chi connectivity index (χ4v) is 5.76. The van der Waals surface area contributed by atoms with E-state index in [-0.39, 0.29) is 28.4 Å². The molecule has 0 aromatic heterocycles. The van der Waals surface area contributed by atoms with Crippen molar-refractivity contribution in [1.82, 2.24) is 15.6 Å². The molecule has 1 aliphatic rings. The Hall–Kier alpha value is -2.24. The molecule has 0 radical (unpaired) electrons. The minimum Gasteiger partial charge on any atom is -0.351 e. The predicted octanol–water partition coefficient (Wildman–Crippen LogP) is 4.05. The summed E-state index contributed by atoms with van der Waals surface area (Å²) in [6.07, 6.45) is 4.69. The van der Waals surface area contributed by atoms with Gasteiger partial charge in [-0.3, -0.25) is 14.5 Å². The van der Waals surface area contributed by atoms with Crippen LogP contribution in [-0.4, -0.2) is 43.9 Å². The first-order valence-electron chi connectivity index (χ1n) is 12.1. The number of benzene rings is 2. The molecule has 0 spiro atoms. The average molecular weight is 574 g/mol. The number of carbonyl (C=O) groups is 2. The quantitative estimate of drug-likeness (QED) is 0.278. The van der Waals surface area contributed by atoms with Crippen molar-refractivity contribution in [3.63, 3.8) is 0 Å². The van der Waals surface area contributed by atoms with Crippen LogP contribution in [-0.2, 0) is 19.6 Å². The van der Waals surface area contributed by atoms with Crippen molar-refractivity contribution >= 4 is 50.7 Å². The number of amides is 2. The first-order valence-corrected chi connectivity index (χ1v) is 14.6. The van der Waals surface area contributed by atoms with E-state index >= 15 is 0 Å². The molecule has 0 saturated heterocycles. The third-order valence-corrected chi connectivity index (χ3v) is 8.06. The van der Waals surface area contributed by atoms with Crippen LogP contribution in [0.2, 0.25) is 5.02 Å². The fourth-order valence-electron chi connectivity index (χ4n) is 4.25. The molecule has 0 aliphatic heterocycles. The number of nitrogens with one attached hydrogen (secondary N) is 3. The molecule has 1 aliphatic carbocycles. The molecule has 0 bridgehead atoms. The molecule has 37 heavy (non-hydrogen) atoms. The van der Waals surface area contributed by atoms with Crippen LogP contribution in [0.25, 0.3) is 0 Å². The maximum atomic E-state index is 14.3. The van der Waals surface area contributed by atoms with Crippen molar-refractivity contribution < 1.29 is 22.4 Å². The van der Waals surface area contributed by atoms with Crippen LogP contribution >= 0.6 is 23.2 Å². The smallest absolute Gasteiger partial charge is 0.248 e. The summed E-state index contributed by atoms with van der Waals surface area (Å²) in [5, 5.41) is 3.30. The van der Waals surface area contributed by atoms with Gasteiger partial charge in [-0.25, -0.2) is 18.2 Å². The van der Waals surface area contributed by atoms with Crippen LogP contribution in [0.5, 0.6) is 0 Å². The van der Waals surface area contributed by atoms with Crippen molar-refractivity contribution in [3.05, 3.63) is 64.9 Å². The summed E-state index contributed by atoms with van der Waals surface area (Å²) < 4.78 is 38.4. The zero-order chi connectivity index (χ0) is 27.0. The van der Waals surface area contributed by atoms with E-state index < -0.39 is 39.7 Å². The molecule has 12 heteroatoms. The Bertz CT molecular complexity index is 1190. The molecule has 1 saturated carbocycles. The van der Waals surface area contributed by atoms with Crippen LogP contribution < -0.4 is 20.5 Å². The average Bonchev–Trinajstić information content (AvgIpc) is 2.86. The lowest BCUT2D eigenvalue weighted by Crippen LogP contribution is -2.55. The van der Waals surface area contributed by atoms with Gasteiger partial charge in [-0.2, -0.15) is 4.83 Å². The second kappa shape index (κ2) is 13.5. The minimum atomic E-state index is -3.80. The van der Waals surface area contributed by atoms with Gasteiger partial charge in [-0.15, -0.1) is 11.6 Å². The summed E-state index contributed by atoms with van der Waals surface area (Å²) in [7, 11) is -3.80. The monoisotopic (exact) mass is 572 g/mol. The number of carbonyl (C=O) groups excluding carboxylic acids is 2. The lowest BCUT2D eigenvalue weighted by Gasteiger charge is -2.35. The lowest BCUT2D eigenvalue weighted by atomic mass is 9.94. The second-order valence-corrected chi connectivity index (χ2v) is 11.6. The van der Waals surface area contributed by atoms with E-state index in [1.165, 1.54) is 25.1 Å². The lowest BCUT2D eigenvalue weighted by molar-refractivity contribution is -0.128. The van der Waals surface area contributed by atoms with Gasteiger partial charge < -0.3 is 5.32 Å². The van der Waals surface area contributed by atoms with Crippen molar-refractivity contribution in [2.45, 2.75) is 57.2 Å². The number of rotatable bonds is 11.